The fourth-order valence-electron chi connectivity index (χ4n) is 9.46. The zero-order valence-corrected chi connectivity index (χ0v) is 19.8. The number of benzene rings is 1. The lowest BCUT2D eigenvalue weighted by molar-refractivity contribution is -0.102. The summed E-state index contributed by atoms with van der Waals surface area (Å²) in [7, 11) is 1.75. The summed E-state index contributed by atoms with van der Waals surface area (Å²) in [5.41, 5.74) is 3.64. The molecule has 0 spiro atoms. The number of rotatable bonds is 4. The summed E-state index contributed by atoms with van der Waals surface area (Å²) in [6, 6.07) is 12.9. The van der Waals surface area contributed by atoms with Gasteiger partial charge in [-0.1, -0.05) is 19.6 Å². The number of hydrogen-bond donors (Lipinski definition) is 0. The summed E-state index contributed by atoms with van der Waals surface area (Å²) in [6.07, 6.45) is 7.06. The maximum Gasteiger partial charge on any atom is 0.272 e. The van der Waals surface area contributed by atoms with Crippen LogP contribution in [-0.4, -0.2) is 66.2 Å². The Morgan fingerprint density at radius 1 is 1.26 bits per heavy atom. The molecule has 4 fully saturated rings. The second-order valence-corrected chi connectivity index (χ2v) is 11.1. The lowest BCUT2D eigenvalue weighted by Crippen LogP contribution is -2.70. The number of alkyl halides is 1. The molecule has 3 heterocycles. The van der Waals surface area contributed by atoms with Crippen molar-refractivity contribution >= 4 is 5.91 Å². The van der Waals surface area contributed by atoms with Crippen molar-refractivity contribution in [3.8, 4) is 5.75 Å². The van der Waals surface area contributed by atoms with Crippen LogP contribution in [0.15, 0.2) is 42.6 Å². The van der Waals surface area contributed by atoms with E-state index in [1.54, 1.807) is 13.3 Å². The minimum Gasteiger partial charge on any atom is -0.497 e. The number of methoxy groups -OCH3 is 1. The molecule has 5 aliphatic rings. The molecular weight excluding hydrogens is 441 g/mol. The topological polar surface area (TPSA) is 45.7 Å². The van der Waals surface area contributed by atoms with Crippen LogP contribution < -0.4 is 4.74 Å². The SMILES string of the molecule is C.COc1ccc2c(c1)C13CCN(CCF)C(C2)C12CCC1C3[C@@H](CN1C(=O)c1ccccn1)C2. The van der Waals surface area contributed by atoms with Crippen LogP contribution in [-0.2, 0) is 11.8 Å². The van der Waals surface area contributed by atoms with E-state index in [1.807, 2.05) is 18.2 Å². The number of fused-ring (bicyclic) bond motifs is 1. The van der Waals surface area contributed by atoms with Gasteiger partial charge in [-0.2, -0.15) is 0 Å². The van der Waals surface area contributed by atoms with E-state index in [-0.39, 0.29) is 36.9 Å². The molecule has 0 N–H and O–H groups in total. The summed E-state index contributed by atoms with van der Waals surface area (Å²) in [6.45, 7) is 2.02. The molecule has 5 nitrogen and oxygen atoms in total. The van der Waals surface area contributed by atoms with Gasteiger partial charge in [0.15, 0.2) is 0 Å². The Labute approximate surface area is 207 Å². The van der Waals surface area contributed by atoms with E-state index in [0.29, 0.717) is 30.1 Å². The van der Waals surface area contributed by atoms with E-state index in [1.165, 1.54) is 11.1 Å². The molecule has 7 rings (SSSR count). The second-order valence-electron chi connectivity index (χ2n) is 11.1. The predicted octanol–water partition coefficient (Wildman–Crippen LogP) is 4.50. The van der Waals surface area contributed by atoms with Crippen LogP contribution in [0, 0.1) is 17.3 Å². The maximum absolute atomic E-state index is 13.6. The Bertz CT molecular complexity index is 1140. The number of carbonyl (C=O) groups is 1. The first-order valence-electron chi connectivity index (χ1n) is 12.8. The van der Waals surface area contributed by atoms with Gasteiger partial charge in [0.05, 0.1) is 7.11 Å². The summed E-state index contributed by atoms with van der Waals surface area (Å²) in [5.74, 6) is 1.95. The molecule has 2 aromatic rings. The van der Waals surface area contributed by atoms with Crippen molar-refractivity contribution in [1.82, 2.24) is 14.8 Å². The van der Waals surface area contributed by atoms with E-state index < -0.39 is 0 Å². The van der Waals surface area contributed by atoms with Gasteiger partial charge in [-0.3, -0.25) is 14.7 Å². The zero-order valence-electron chi connectivity index (χ0n) is 19.8. The Morgan fingerprint density at radius 2 is 2.14 bits per heavy atom. The fraction of sp³-hybridized carbons (Fsp3) is 0.586. The number of nitrogens with zero attached hydrogens (tertiary/aromatic N) is 3. The summed E-state index contributed by atoms with van der Waals surface area (Å²) < 4.78 is 19.3. The Morgan fingerprint density at radius 3 is 2.91 bits per heavy atom. The fourth-order valence-corrected chi connectivity index (χ4v) is 9.46. The van der Waals surface area contributed by atoms with Crippen molar-refractivity contribution in [2.24, 2.45) is 17.3 Å². The first kappa shape index (κ1) is 23.0. The molecular formula is C29H36FN3O2. The highest BCUT2D eigenvalue weighted by Gasteiger charge is 2.76. The number of ether oxygens (including phenoxy) is 1. The predicted molar refractivity (Wildman–Crippen MR) is 133 cm³/mol. The number of pyridine rings is 1. The lowest BCUT2D eigenvalue weighted by atomic mass is 9.43. The standard InChI is InChI=1S/C28H32FN3O2.CH4/c1-34-20-6-5-18-14-24-27-8-7-23-25(28(27,21(18)15-20)9-12-31(24)13-10-29)19(16-27)17-32(23)26(33)22-4-2-3-11-30-22;/h2-6,11,15,19,23-25H,7-10,12-14,16-17H2,1H3;1H4/t19-,23?,24?,25?,27?,28?;/m1./s1. The van der Waals surface area contributed by atoms with Crippen molar-refractivity contribution in [1.29, 1.82) is 0 Å². The van der Waals surface area contributed by atoms with Crippen LogP contribution in [0.2, 0.25) is 0 Å². The molecule has 35 heavy (non-hydrogen) atoms. The number of carbonyl (C=O) groups excluding carboxylic acids is 1. The van der Waals surface area contributed by atoms with Crippen LogP contribution in [0.1, 0.15) is 54.7 Å². The molecule has 3 aliphatic carbocycles. The van der Waals surface area contributed by atoms with Crippen LogP contribution in [0.5, 0.6) is 5.75 Å². The van der Waals surface area contributed by atoms with Gasteiger partial charge < -0.3 is 9.64 Å². The molecule has 186 valence electrons. The number of likely N-dealkylation sites (tertiary alicyclic amines) is 2. The Hall–Kier alpha value is -2.47. The van der Waals surface area contributed by atoms with Gasteiger partial charge in [0, 0.05) is 36.8 Å². The van der Waals surface area contributed by atoms with E-state index in [4.69, 9.17) is 4.74 Å². The first-order valence-corrected chi connectivity index (χ1v) is 12.8. The van der Waals surface area contributed by atoms with Gasteiger partial charge in [-0.25, -0.2) is 4.39 Å². The van der Waals surface area contributed by atoms with Crippen molar-refractivity contribution < 1.29 is 13.9 Å². The number of halogens is 1. The maximum atomic E-state index is 13.6. The number of hydrogen-bond acceptors (Lipinski definition) is 4. The molecule has 2 saturated heterocycles. The molecule has 2 aliphatic heterocycles. The largest absolute Gasteiger partial charge is 0.497 e. The third-order valence-corrected chi connectivity index (χ3v) is 10.3. The minimum absolute atomic E-state index is 0. The van der Waals surface area contributed by atoms with Crippen LogP contribution in [0.3, 0.4) is 0 Å². The van der Waals surface area contributed by atoms with E-state index >= 15 is 0 Å². The quantitative estimate of drug-likeness (QED) is 0.650. The molecule has 2 saturated carbocycles. The molecule has 6 heteroatoms. The summed E-state index contributed by atoms with van der Waals surface area (Å²) >= 11 is 0. The van der Waals surface area contributed by atoms with Crippen molar-refractivity contribution in [2.45, 2.75) is 57.0 Å². The number of aromatic nitrogens is 1. The molecule has 4 bridgehead atoms. The third kappa shape index (κ3) is 2.78. The summed E-state index contributed by atoms with van der Waals surface area (Å²) in [5, 5.41) is 0. The average molecular weight is 478 g/mol. The van der Waals surface area contributed by atoms with E-state index in [2.05, 4.69) is 33.0 Å². The smallest absolute Gasteiger partial charge is 0.272 e. The third-order valence-electron chi connectivity index (χ3n) is 10.3. The molecule has 1 amide bonds. The van der Waals surface area contributed by atoms with Crippen LogP contribution in [0.25, 0.3) is 0 Å². The van der Waals surface area contributed by atoms with Crippen molar-refractivity contribution in [3.05, 3.63) is 59.4 Å². The average Bonchev–Trinajstić information content (AvgIpc) is 3.32. The van der Waals surface area contributed by atoms with Gasteiger partial charge in [-0.05, 0) is 91.3 Å². The highest BCUT2D eigenvalue weighted by atomic mass is 19.1. The molecule has 5 unspecified atom stereocenters. The van der Waals surface area contributed by atoms with Gasteiger partial charge in [0.2, 0.25) is 0 Å². The molecule has 1 aromatic heterocycles. The van der Waals surface area contributed by atoms with Gasteiger partial charge in [-0.15, -0.1) is 0 Å². The van der Waals surface area contributed by atoms with Crippen LogP contribution >= 0.6 is 0 Å². The Kier molecular flexibility index (Phi) is 5.26. The molecule has 0 radical (unpaired) electrons. The molecule has 1 aromatic carbocycles. The number of piperidine rings is 1. The minimum atomic E-state index is -0.281. The summed E-state index contributed by atoms with van der Waals surface area (Å²) in [4.78, 5) is 22.6. The van der Waals surface area contributed by atoms with Crippen molar-refractivity contribution in [3.63, 3.8) is 0 Å². The highest BCUT2D eigenvalue weighted by Crippen LogP contribution is 2.75. The number of amides is 1. The van der Waals surface area contributed by atoms with Gasteiger partial charge in [0.1, 0.15) is 18.1 Å². The van der Waals surface area contributed by atoms with Gasteiger partial charge >= 0.3 is 0 Å². The van der Waals surface area contributed by atoms with Gasteiger partial charge in [0.25, 0.3) is 5.91 Å². The monoisotopic (exact) mass is 477 g/mol. The zero-order chi connectivity index (χ0) is 23.1. The lowest BCUT2D eigenvalue weighted by Gasteiger charge is -2.66. The van der Waals surface area contributed by atoms with E-state index in [9.17, 15) is 9.18 Å². The second kappa shape index (κ2) is 8.02. The Balaban J connectivity index is 0.00000229. The normalized spacial score (nSPS) is 36.2. The highest BCUT2D eigenvalue weighted by molar-refractivity contribution is 5.92. The molecule has 6 atom stereocenters. The first-order chi connectivity index (χ1) is 16.6. The van der Waals surface area contributed by atoms with Crippen molar-refractivity contribution in [2.75, 3.05) is 33.4 Å². The van der Waals surface area contributed by atoms with Crippen LogP contribution in [0.4, 0.5) is 4.39 Å². The van der Waals surface area contributed by atoms with E-state index in [0.717, 1.165) is 50.9 Å².